The van der Waals surface area contributed by atoms with Gasteiger partial charge in [-0.1, -0.05) is 31.2 Å². The fourth-order valence-corrected chi connectivity index (χ4v) is 2.09. The van der Waals surface area contributed by atoms with E-state index < -0.39 is 23.3 Å². The molecule has 0 aromatic heterocycles. The third kappa shape index (κ3) is 3.08. The first-order chi connectivity index (χ1) is 10.0. The van der Waals surface area contributed by atoms with E-state index in [1.807, 2.05) is 19.1 Å². The van der Waals surface area contributed by atoms with Crippen LogP contribution in [0.5, 0.6) is 0 Å². The molecule has 0 fully saturated rings. The van der Waals surface area contributed by atoms with Crippen LogP contribution in [0.15, 0.2) is 42.5 Å². The highest BCUT2D eigenvalue weighted by Crippen LogP contribution is 2.20. The largest absolute Gasteiger partial charge is 0.478 e. The van der Waals surface area contributed by atoms with Crippen molar-refractivity contribution in [2.24, 2.45) is 0 Å². The number of halogens is 1. The Balaban J connectivity index is 2.37. The number of amides is 1. The van der Waals surface area contributed by atoms with Gasteiger partial charge in [0, 0.05) is 5.56 Å². The Labute approximate surface area is 121 Å². The third-order valence-electron chi connectivity index (χ3n) is 3.12. The van der Waals surface area contributed by atoms with Gasteiger partial charge in [-0.3, -0.25) is 4.79 Å². The van der Waals surface area contributed by atoms with Crippen molar-refractivity contribution in [3.05, 3.63) is 65.0 Å². The van der Waals surface area contributed by atoms with Gasteiger partial charge in [0.25, 0.3) is 5.91 Å². The Morgan fingerprint density at radius 1 is 1.14 bits per heavy atom. The van der Waals surface area contributed by atoms with Crippen LogP contribution in [-0.2, 0) is 6.42 Å². The Hall–Kier alpha value is -2.69. The van der Waals surface area contributed by atoms with Gasteiger partial charge in [-0.25, -0.2) is 9.18 Å². The Morgan fingerprint density at radius 3 is 2.52 bits per heavy atom. The van der Waals surface area contributed by atoms with Crippen molar-refractivity contribution in [2.75, 3.05) is 5.32 Å². The molecule has 4 nitrogen and oxygen atoms in total. The van der Waals surface area contributed by atoms with Crippen molar-refractivity contribution in [2.45, 2.75) is 13.3 Å². The quantitative estimate of drug-likeness (QED) is 0.906. The van der Waals surface area contributed by atoms with Gasteiger partial charge < -0.3 is 10.4 Å². The maximum absolute atomic E-state index is 13.6. The van der Waals surface area contributed by atoms with Crippen molar-refractivity contribution in [3.8, 4) is 0 Å². The number of aromatic carboxylic acids is 1. The van der Waals surface area contributed by atoms with Crippen molar-refractivity contribution in [3.63, 3.8) is 0 Å². The molecule has 0 spiro atoms. The summed E-state index contributed by atoms with van der Waals surface area (Å²) in [5, 5.41) is 11.5. The molecule has 0 atom stereocenters. The molecule has 0 saturated heterocycles. The number of hydrogen-bond donors (Lipinski definition) is 2. The molecule has 0 unspecified atom stereocenters. The normalized spacial score (nSPS) is 10.2. The summed E-state index contributed by atoms with van der Waals surface area (Å²) in [5.41, 5.74) is 0.683. The molecule has 2 aromatic rings. The number of hydrogen-bond acceptors (Lipinski definition) is 2. The zero-order valence-electron chi connectivity index (χ0n) is 11.4. The first-order valence-electron chi connectivity index (χ1n) is 6.45. The lowest BCUT2D eigenvalue weighted by Gasteiger charge is -2.11. The number of rotatable bonds is 4. The van der Waals surface area contributed by atoms with Crippen LogP contribution in [0.3, 0.4) is 0 Å². The van der Waals surface area contributed by atoms with E-state index >= 15 is 0 Å². The zero-order valence-corrected chi connectivity index (χ0v) is 11.4. The van der Waals surface area contributed by atoms with Gasteiger partial charge >= 0.3 is 5.97 Å². The van der Waals surface area contributed by atoms with Crippen molar-refractivity contribution >= 4 is 17.6 Å². The van der Waals surface area contributed by atoms with E-state index in [9.17, 15) is 14.0 Å². The molecule has 2 rings (SSSR count). The lowest BCUT2D eigenvalue weighted by atomic mass is 10.0. The molecular formula is C16H14FNO3. The van der Waals surface area contributed by atoms with Gasteiger partial charge in [0.05, 0.1) is 5.69 Å². The standard InChI is InChI=1S/C16H14FNO3/c1-2-10-6-3-4-7-11(10)15(19)18-13-9-5-8-12(17)14(13)16(20)21/h3-9H,2H2,1H3,(H,18,19)(H,20,21). The van der Waals surface area contributed by atoms with Crippen LogP contribution in [0.4, 0.5) is 10.1 Å². The topological polar surface area (TPSA) is 66.4 Å². The van der Waals surface area contributed by atoms with E-state index in [1.165, 1.54) is 12.1 Å². The molecule has 108 valence electrons. The van der Waals surface area contributed by atoms with Crippen molar-refractivity contribution in [1.29, 1.82) is 0 Å². The van der Waals surface area contributed by atoms with Gasteiger partial charge in [-0.2, -0.15) is 0 Å². The molecule has 2 aromatic carbocycles. The molecule has 0 bridgehead atoms. The summed E-state index contributed by atoms with van der Waals surface area (Å²) in [4.78, 5) is 23.3. The van der Waals surface area contributed by atoms with Crippen LogP contribution < -0.4 is 5.32 Å². The number of anilines is 1. The van der Waals surface area contributed by atoms with E-state index in [4.69, 9.17) is 5.11 Å². The van der Waals surface area contributed by atoms with Crippen LogP contribution in [0.1, 0.15) is 33.2 Å². The summed E-state index contributed by atoms with van der Waals surface area (Å²) in [6, 6.07) is 10.8. The predicted octanol–water partition coefficient (Wildman–Crippen LogP) is 3.34. The van der Waals surface area contributed by atoms with Gasteiger partial charge in [0.15, 0.2) is 0 Å². The summed E-state index contributed by atoms with van der Waals surface area (Å²) in [7, 11) is 0. The molecular weight excluding hydrogens is 273 g/mol. The van der Waals surface area contributed by atoms with E-state index in [0.29, 0.717) is 12.0 Å². The fraction of sp³-hybridized carbons (Fsp3) is 0.125. The van der Waals surface area contributed by atoms with Crippen molar-refractivity contribution in [1.82, 2.24) is 0 Å². The molecule has 0 radical (unpaired) electrons. The second-order valence-corrected chi connectivity index (χ2v) is 4.43. The van der Waals surface area contributed by atoms with E-state index in [0.717, 1.165) is 11.6 Å². The van der Waals surface area contributed by atoms with Gasteiger partial charge in [-0.05, 0) is 30.2 Å². The number of nitrogens with one attached hydrogen (secondary N) is 1. The van der Waals surface area contributed by atoms with E-state index in [2.05, 4.69) is 5.32 Å². The molecule has 5 heteroatoms. The average molecular weight is 287 g/mol. The van der Waals surface area contributed by atoms with Gasteiger partial charge in [0.2, 0.25) is 0 Å². The number of carbonyl (C=O) groups is 2. The molecule has 0 saturated carbocycles. The Bertz CT molecular complexity index is 698. The van der Waals surface area contributed by atoms with Crippen molar-refractivity contribution < 1.29 is 19.1 Å². The second kappa shape index (κ2) is 6.17. The molecule has 0 aliphatic heterocycles. The van der Waals surface area contributed by atoms with Crippen LogP contribution in [0.25, 0.3) is 0 Å². The maximum Gasteiger partial charge on any atom is 0.340 e. The van der Waals surface area contributed by atoms with Crippen LogP contribution in [0.2, 0.25) is 0 Å². The lowest BCUT2D eigenvalue weighted by Crippen LogP contribution is -2.17. The smallest absolute Gasteiger partial charge is 0.340 e. The fourth-order valence-electron chi connectivity index (χ4n) is 2.09. The minimum Gasteiger partial charge on any atom is -0.478 e. The lowest BCUT2D eigenvalue weighted by molar-refractivity contribution is 0.0693. The monoisotopic (exact) mass is 287 g/mol. The summed E-state index contributed by atoms with van der Waals surface area (Å²) in [6.45, 7) is 1.91. The highest BCUT2D eigenvalue weighted by atomic mass is 19.1. The van der Waals surface area contributed by atoms with Gasteiger partial charge in [0.1, 0.15) is 11.4 Å². The SMILES string of the molecule is CCc1ccccc1C(=O)Nc1cccc(F)c1C(=O)O. The summed E-state index contributed by atoms with van der Waals surface area (Å²) < 4.78 is 13.6. The number of carboxylic acid groups (broad SMARTS) is 1. The van der Waals surface area contributed by atoms with Crippen LogP contribution >= 0.6 is 0 Å². The molecule has 0 aliphatic rings. The Morgan fingerprint density at radius 2 is 1.86 bits per heavy atom. The highest BCUT2D eigenvalue weighted by Gasteiger charge is 2.18. The summed E-state index contributed by atoms with van der Waals surface area (Å²) in [5.74, 6) is -2.77. The average Bonchev–Trinajstić information content (AvgIpc) is 2.46. The number of benzene rings is 2. The zero-order chi connectivity index (χ0) is 15.4. The first-order valence-corrected chi connectivity index (χ1v) is 6.45. The van der Waals surface area contributed by atoms with Gasteiger partial charge in [-0.15, -0.1) is 0 Å². The van der Waals surface area contributed by atoms with Crippen LogP contribution in [-0.4, -0.2) is 17.0 Å². The minimum atomic E-state index is -1.42. The van der Waals surface area contributed by atoms with E-state index in [-0.39, 0.29) is 5.69 Å². The molecule has 0 heterocycles. The molecule has 1 amide bonds. The molecule has 2 N–H and O–H groups in total. The number of aryl methyl sites for hydroxylation is 1. The number of carboxylic acids is 1. The first kappa shape index (κ1) is 14.7. The molecule has 0 aliphatic carbocycles. The maximum atomic E-state index is 13.6. The molecule has 21 heavy (non-hydrogen) atoms. The number of carbonyl (C=O) groups excluding carboxylic acids is 1. The van der Waals surface area contributed by atoms with E-state index in [1.54, 1.807) is 12.1 Å². The predicted molar refractivity (Wildman–Crippen MR) is 77.1 cm³/mol. The van der Waals surface area contributed by atoms with Crippen LogP contribution in [0, 0.1) is 5.82 Å². The second-order valence-electron chi connectivity index (χ2n) is 4.43. The third-order valence-corrected chi connectivity index (χ3v) is 3.12. The highest BCUT2D eigenvalue weighted by molar-refractivity contribution is 6.08. The minimum absolute atomic E-state index is 0.0570. The summed E-state index contributed by atoms with van der Waals surface area (Å²) in [6.07, 6.45) is 0.665. The summed E-state index contributed by atoms with van der Waals surface area (Å²) >= 11 is 0. The Kier molecular flexibility index (Phi) is 4.33.